The molecule has 3 aromatic rings. The van der Waals surface area contributed by atoms with Gasteiger partial charge in [-0.25, -0.2) is 4.98 Å². The lowest BCUT2D eigenvalue weighted by atomic mass is 10.0. The van der Waals surface area contributed by atoms with Crippen molar-refractivity contribution in [3.8, 4) is 5.75 Å². The van der Waals surface area contributed by atoms with E-state index in [0.717, 1.165) is 5.56 Å². The fourth-order valence-corrected chi connectivity index (χ4v) is 3.04. The molecule has 1 aromatic carbocycles. The van der Waals surface area contributed by atoms with E-state index < -0.39 is 6.04 Å². The van der Waals surface area contributed by atoms with E-state index in [1.54, 1.807) is 26.5 Å². The Hall–Kier alpha value is -2.74. The summed E-state index contributed by atoms with van der Waals surface area (Å²) in [4.78, 5) is 21.5. The number of benzene rings is 1. The maximum absolute atomic E-state index is 12.6. The van der Waals surface area contributed by atoms with E-state index in [2.05, 4.69) is 20.4 Å². The molecule has 0 fully saturated rings. The smallest absolute Gasteiger partial charge is 0.264 e. The van der Waals surface area contributed by atoms with Gasteiger partial charge in [-0.3, -0.25) is 4.79 Å². The van der Waals surface area contributed by atoms with E-state index in [1.807, 2.05) is 24.3 Å². The number of hydrogen-bond donors (Lipinski definition) is 1. The van der Waals surface area contributed by atoms with Crippen LogP contribution in [-0.2, 0) is 0 Å². The molecular weight excluding hydrogens is 328 g/mol. The fourth-order valence-electron chi connectivity index (χ4n) is 2.33. The van der Waals surface area contributed by atoms with Crippen LogP contribution in [0.3, 0.4) is 0 Å². The van der Waals surface area contributed by atoms with Crippen molar-refractivity contribution in [1.29, 1.82) is 0 Å². The Morgan fingerprint density at radius 3 is 2.75 bits per heavy atom. The largest absolute Gasteiger partial charge is 0.496 e. The van der Waals surface area contributed by atoms with Crippen LogP contribution in [0.15, 0.2) is 34.3 Å². The lowest BCUT2D eigenvalue weighted by Crippen LogP contribution is -2.30. The molecule has 8 heteroatoms. The molecule has 0 saturated carbocycles. The second-order valence-corrected chi connectivity index (χ2v) is 5.94. The monoisotopic (exact) mass is 344 g/mol. The number of thiazole rings is 1. The van der Waals surface area contributed by atoms with Crippen LogP contribution in [0.4, 0.5) is 0 Å². The summed E-state index contributed by atoms with van der Waals surface area (Å²) in [5, 5.41) is 6.90. The van der Waals surface area contributed by atoms with Gasteiger partial charge >= 0.3 is 0 Å². The molecule has 0 aliphatic heterocycles. The van der Waals surface area contributed by atoms with Gasteiger partial charge in [0, 0.05) is 12.5 Å². The molecule has 1 atom stereocenters. The van der Waals surface area contributed by atoms with Crippen LogP contribution in [0.25, 0.3) is 0 Å². The third kappa shape index (κ3) is 3.13. The van der Waals surface area contributed by atoms with Gasteiger partial charge in [0.1, 0.15) is 16.7 Å². The SMILES string of the molecule is COc1ccccc1C(NC(=O)c1scnc1C)c1noc(C)n1. The number of nitrogens with zero attached hydrogens (tertiary/aromatic N) is 3. The minimum atomic E-state index is -0.590. The molecule has 24 heavy (non-hydrogen) atoms. The predicted octanol–water partition coefficient (Wildman–Crippen LogP) is 2.67. The first-order chi connectivity index (χ1) is 11.6. The quantitative estimate of drug-likeness (QED) is 0.765. The number of para-hydroxylation sites is 1. The van der Waals surface area contributed by atoms with Crippen molar-refractivity contribution < 1.29 is 14.1 Å². The number of aromatic nitrogens is 3. The summed E-state index contributed by atoms with van der Waals surface area (Å²) >= 11 is 1.29. The van der Waals surface area contributed by atoms with E-state index in [1.165, 1.54) is 11.3 Å². The van der Waals surface area contributed by atoms with E-state index in [-0.39, 0.29) is 5.91 Å². The fraction of sp³-hybridized carbons (Fsp3) is 0.250. The van der Waals surface area contributed by atoms with Gasteiger partial charge in [0.15, 0.2) is 5.82 Å². The number of hydrogen-bond acceptors (Lipinski definition) is 7. The number of amides is 1. The van der Waals surface area contributed by atoms with Crippen molar-refractivity contribution in [3.05, 3.63) is 57.6 Å². The van der Waals surface area contributed by atoms with E-state index in [4.69, 9.17) is 9.26 Å². The molecule has 0 spiro atoms. The van der Waals surface area contributed by atoms with Crippen molar-refractivity contribution in [2.24, 2.45) is 0 Å². The van der Waals surface area contributed by atoms with Gasteiger partial charge in [-0.05, 0) is 13.0 Å². The third-order valence-electron chi connectivity index (χ3n) is 3.48. The number of ether oxygens (including phenoxy) is 1. The Morgan fingerprint density at radius 2 is 2.12 bits per heavy atom. The predicted molar refractivity (Wildman–Crippen MR) is 88.2 cm³/mol. The molecule has 7 nitrogen and oxygen atoms in total. The molecule has 3 rings (SSSR count). The molecule has 2 heterocycles. The molecular formula is C16H16N4O3S. The Bertz CT molecular complexity index is 858. The highest BCUT2D eigenvalue weighted by atomic mass is 32.1. The highest BCUT2D eigenvalue weighted by Gasteiger charge is 2.26. The van der Waals surface area contributed by atoms with Gasteiger partial charge in [0.05, 0.1) is 18.3 Å². The number of aryl methyl sites for hydroxylation is 2. The summed E-state index contributed by atoms with van der Waals surface area (Å²) in [5.41, 5.74) is 3.07. The van der Waals surface area contributed by atoms with Crippen LogP contribution in [0.5, 0.6) is 5.75 Å². The van der Waals surface area contributed by atoms with Crippen LogP contribution in [0.2, 0.25) is 0 Å². The molecule has 124 valence electrons. The maximum atomic E-state index is 12.6. The van der Waals surface area contributed by atoms with Crippen LogP contribution in [0.1, 0.15) is 38.7 Å². The average molecular weight is 344 g/mol. The molecule has 1 unspecified atom stereocenters. The summed E-state index contributed by atoms with van der Waals surface area (Å²) in [7, 11) is 1.58. The highest BCUT2D eigenvalue weighted by Crippen LogP contribution is 2.29. The van der Waals surface area contributed by atoms with Crippen molar-refractivity contribution in [2.75, 3.05) is 7.11 Å². The zero-order valence-electron chi connectivity index (χ0n) is 13.4. The zero-order chi connectivity index (χ0) is 17.1. The first kappa shape index (κ1) is 16.1. The minimum Gasteiger partial charge on any atom is -0.496 e. The van der Waals surface area contributed by atoms with E-state index in [9.17, 15) is 4.79 Å². The minimum absolute atomic E-state index is 0.242. The third-order valence-corrected chi connectivity index (χ3v) is 4.41. The molecule has 0 saturated heterocycles. The Morgan fingerprint density at radius 1 is 1.33 bits per heavy atom. The average Bonchev–Trinajstić information content (AvgIpc) is 3.21. The Kier molecular flexibility index (Phi) is 4.57. The maximum Gasteiger partial charge on any atom is 0.264 e. The lowest BCUT2D eigenvalue weighted by Gasteiger charge is -2.18. The van der Waals surface area contributed by atoms with Crippen molar-refractivity contribution in [1.82, 2.24) is 20.4 Å². The normalized spacial score (nSPS) is 12.0. The van der Waals surface area contributed by atoms with Gasteiger partial charge < -0.3 is 14.6 Å². The molecule has 0 radical (unpaired) electrons. The van der Waals surface area contributed by atoms with Crippen molar-refractivity contribution in [2.45, 2.75) is 19.9 Å². The van der Waals surface area contributed by atoms with Crippen molar-refractivity contribution in [3.63, 3.8) is 0 Å². The van der Waals surface area contributed by atoms with Gasteiger partial charge in [-0.15, -0.1) is 11.3 Å². The lowest BCUT2D eigenvalue weighted by molar-refractivity contribution is 0.0944. The number of methoxy groups -OCH3 is 1. The van der Waals surface area contributed by atoms with Crippen LogP contribution >= 0.6 is 11.3 Å². The van der Waals surface area contributed by atoms with Crippen LogP contribution < -0.4 is 10.1 Å². The Labute approximate surface area is 142 Å². The van der Waals surface area contributed by atoms with Crippen LogP contribution in [0, 0.1) is 13.8 Å². The number of carbonyl (C=O) groups is 1. The van der Waals surface area contributed by atoms with E-state index in [0.29, 0.717) is 28.0 Å². The summed E-state index contributed by atoms with van der Waals surface area (Å²) in [6, 6.07) is 6.80. The first-order valence-electron chi connectivity index (χ1n) is 7.24. The van der Waals surface area contributed by atoms with Gasteiger partial charge in [0.2, 0.25) is 5.89 Å². The summed E-state index contributed by atoms with van der Waals surface area (Å²) < 4.78 is 10.5. The molecule has 1 amide bonds. The molecule has 2 aromatic heterocycles. The highest BCUT2D eigenvalue weighted by molar-refractivity contribution is 7.11. The second-order valence-electron chi connectivity index (χ2n) is 5.09. The number of rotatable bonds is 5. The Balaban J connectivity index is 2.00. The summed E-state index contributed by atoms with van der Waals surface area (Å²) in [6.07, 6.45) is 0. The van der Waals surface area contributed by atoms with Crippen LogP contribution in [-0.4, -0.2) is 28.1 Å². The molecule has 1 N–H and O–H groups in total. The van der Waals surface area contributed by atoms with Gasteiger partial charge in [0.25, 0.3) is 5.91 Å². The number of carbonyl (C=O) groups excluding carboxylic acids is 1. The first-order valence-corrected chi connectivity index (χ1v) is 8.12. The number of nitrogens with one attached hydrogen (secondary N) is 1. The summed E-state index contributed by atoms with van der Waals surface area (Å²) in [6.45, 7) is 3.49. The summed E-state index contributed by atoms with van der Waals surface area (Å²) in [5.74, 6) is 1.18. The second kappa shape index (κ2) is 6.79. The van der Waals surface area contributed by atoms with Crippen molar-refractivity contribution >= 4 is 17.2 Å². The molecule has 0 bridgehead atoms. The van der Waals surface area contributed by atoms with E-state index >= 15 is 0 Å². The van der Waals surface area contributed by atoms with Gasteiger partial charge in [-0.2, -0.15) is 4.98 Å². The van der Waals surface area contributed by atoms with Gasteiger partial charge in [-0.1, -0.05) is 23.4 Å². The molecule has 0 aliphatic carbocycles. The topological polar surface area (TPSA) is 90.1 Å². The molecule has 0 aliphatic rings. The zero-order valence-corrected chi connectivity index (χ0v) is 14.3. The standard InChI is InChI=1S/C16H16N4O3S/c1-9-14(24-8-17-9)16(21)19-13(15-18-10(2)23-20-15)11-6-4-5-7-12(11)22-3/h4-8,13H,1-3H3,(H,19,21).